The normalized spacial score (nSPS) is 10.2. The lowest BCUT2D eigenvalue weighted by atomic mass is 10.1. The maximum atomic E-state index is 11.9. The van der Waals surface area contributed by atoms with Gasteiger partial charge in [0.05, 0.1) is 13.7 Å². The van der Waals surface area contributed by atoms with Gasteiger partial charge in [-0.05, 0) is 43.5 Å². The molecule has 0 saturated carbocycles. The zero-order valence-corrected chi connectivity index (χ0v) is 15.1. The highest BCUT2D eigenvalue weighted by atomic mass is 16.5. The highest BCUT2D eigenvalue weighted by molar-refractivity contribution is 5.73. The van der Waals surface area contributed by atoms with Crippen molar-refractivity contribution in [3.63, 3.8) is 0 Å². The molecule has 5 nitrogen and oxygen atoms in total. The summed E-state index contributed by atoms with van der Waals surface area (Å²) in [4.78, 5) is 11.9. The van der Waals surface area contributed by atoms with Gasteiger partial charge in [-0.15, -0.1) is 0 Å². The molecular formula is C20H26N2O3. The number of hydrogen-bond donors (Lipinski definition) is 2. The molecule has 2 rings (SSSR count). The average Bonchev–Trinajstić information content (AvgIpc) is 2.62. The van der Waals surface area contributed by atoms with Gasteiger partial charge in [0.2, 0.25) is 0 Å². The van der Waals surface area contributed by atoms with E-state index in [1.807, 2.05) is 56.3 Å². The summed E-state index contributed by atoms with van der Waals surface area (Å²) in [5, 5.41) is 5.73. The molecule has 2 N–H and O–H groups in total. The van der Waals surface area contributed by atoms with Crippen LogP contribution in [0.4, 0.5) is 4.79 Å². The zero-order valence-electron chi connectivity index (χ0n) is 15.1. The topological polar surface area (TPSA) is 59.6 Å². The quantitative estimate of drug-likeness (QED) is 0.772. The van der Waals surface area contributed by atoms with Gasteiger partial charge in [0.25, 0.3) is 0 Å². The van der Waals surface area contributed by atoms with Crippen molar-refractivity contribution in [2.24, 2.45) is 0 Å². The second kappa shape index (κ2) is 9.57. The third kappa shape index (κ3) is 6.03. The van der Waals surface area contributed by atoms with Crippen LogP contribution in [0.3, 0.4) is 0 Å². The van der Waals surface area contributed by atoms with Gasteiger partial charge in [-0.1, -0.05) is 35.9 Å². The fourth-order valence-corrected chi connectivity index (χ4v) is 2.41. The molecule has 0 heterocycles. The van der Waals surface area contributed by atoms with Crippen LogP contribution in [0.5, 0.6) is 11.5 Å². The number of nitrogens with one attached hydrogen (secondary N) is 2. The van der Waals surface area contributed by atoms with Crippen LogP contribution in [-0.4, -0.2) is 26.3 Å². The number of carbonyl (C=O) groups is 1. The van der Waals surface area contributed by atoms with Crippen molar-refractivity contribution in [2.75, 3.05) is 20.3 Å². The number of ether oxygens (including phenoxy) is 2. The number of rotatable bonds is 8. The molecule has 5 heteroatoms. The smallest absolute Gasteiger partial charge is 0.315 e. The number of aryl methyl sites for hydroxylation is 1. The van der Waals surface area contributed by atoms with Crippen LogP contribution in [0.1, 0.15) is 23.6 Å². The Kier molecular flexibility index (Phi) is 7.14. The predicted molar refractivity (Wildman–Crippen MR) is 99.3 cm³/mol. The summed E-state index contributed by atoms with van der Waals surface area (Å²) in [6, 6.07) is 13.8. The lowest BCUT2D eigenvalue weighted by Gasteiger charge is -2.11. The Bertz CT molecular complexity index is 684. The Balaban J connectivity index is 1.76. The Morgan fingerprint density at radius 3 is 2.40 bits per heavy atom. The molecule has 134 valence electrons. The van der Waals surface area contributed by atoms with E-state index in [1.54, 1.807) is 7.11 Å². The van der Waals surface area contributed by atoms with Gasteiger partial charge >= 0.3 is 6.03 Å². The first-order chi connectivity index (χ1) is 12.1. The molecule has 0 aromatic heterocycles. The number of urea groups is 1. The molecule has 0 unspecified atom stereocenters. The molecule has 0 atom stereocenters. The summed E-state index contributed by atoms with van der Waals surface area (Å²) >= 11 is 0. The van der Waals surface area contributed by atoms with E-state index in [0.29, 0.717) is 25.4 Å². The third-order valence-electron chi connectivity index (χ3n) is 3.80. The minimum Gasteiger partial charge on any atom is -0.493 e. The van der Waals surface area contributed by atoms with Crippen molar-refractivity contribution in [2.45, 2.75) is 26.8 Å². The van der Waals surface area contributed by atoms with Crippen LogP contribution in [0, 0.1) is 6.92 Å². The largest absolute Gasteiger partial charge is 0.493 e. The van der Waals surface area contributed by atoms with Crippen molar-refractivity contribution in [3.05, 3.63) is 59.2 Å². The second-order valence-corrected chi connectivity index (χ2v) is 5.76. The Labute approximate surface area is 149 Å². The van der Waals surface area contributed by atoms with E-state index in [2.05, 4.69) is 10.6 Å². The molecule has 0 spiro atoms. The number of benzene rings is 2. The van der Waals surface area contributed by atoms with Gasteiger partial charge in [-0.25, -0.2) is 4.79 Å². The van der Waals surface area contributed by atoms with Crippen LogP contribution in [0.15, 0.2) is 42.5 Å². The Hall–Kier alpha value is -2.69. The fraction of sp³-hybridized carbons (Fsp3) is 0.350. The van der Waals surface area contributed by atoms with Gasteiger partial charge in [0, 0.05) is 13.1 Å². The van der Waals surface area contributed by atoms with Crippen LogP contribution < -0.4 is 20.1 Å². The van der Waals surface area contributed by atoms with Gasteiger partial charge in [0.1, 0.15) is 0 Å². The average molecular weight is 342 g/mol. The minimum absolute atomic E-state index is 0.168. The van der Waals surface area contributed by atoms with Gasteiger partial charge < -0.3 is 20.1 Å². The summed E-state index contributed by atoms with van der Waals surface area (Å²) in [5.41, 5.74) is 3.37. The number of hydrogen-bond acceptors (Lipinski definition) is 3. The monoisotopic (exact) mass is 342 g/mol. The summed E-state index contributed by atoms with van der Waals surface area (Å²) in [5.74, 6) is 1.45. The molecule has 2 aromatic carbocycles. The van der Waals surface area contributed by atoms with E-state index < -0.39 is 0 Å². The van der Waals surface area contributed by atoms with Gasteiger partial charge in [-0.3, -0.25) is 0 Å². The van der Waals surface area contributed by atoms with Gasteiger partial charge in [-0.2, -0.15) is 0 Å². The van der Waals surface area contributed by atoms with Crippen LogP contribution >= 0.6 is 0 Å². The molecule has 0 aliphatic rings. The molecule has 0 aliphatic heterocycles. The second-order valence-electron chi connectivity index (χ2n) is 5.76. The lowest BCUT2D eigenvalue weighted by Crippen LogP contribution is -2.36. The maximum Gasteiger partial charge on any atom is 0.315 e. The SMILES string of the molecule is CCOc1ccc(CCNC(=O)NCc2ccc(C)cc2)cc1OC. The standard InChI is InChI=1S/C20H26N2O3/c1-4-25-18-10-9-16(13-19(18)24-3)11-12-21-20(23)22-14-17-7-5-15(2)6-8-17/h5-10,13H,4,11-12,14H2,1-3H3,(H2,21,22,23). The maximum absolute atomic E-state index is 11.9. The molecule has 2 amide bonds. The zero-order chi connectivity index (χ0) is 18.1. The van der Waals surface area contributed by atoms with Crippen molar-refractivity contribution >= 4 is 6.03 Å². The van der Waals surface area contributed by atoms with Crippen molar-refractivity contribution in [3.8, 4) is 11.5 Å². The molecule has 25 heavy (non-hydrogen) atoms. The van der Waals surface area contributed by atoms with E-state index in [4.69, 9.17) is 9.47 Å². The molecule has 0 fully saturated rings. The number of carbonyl (C=O) groups excluding carboxylic acids is 1. The first kappa shape index (κ1) is 18.6. The lowest BCUT2D eigenvalue weighted by molar-refractivity contribution is 0.240. The van der Waals surface area contributed by atoms with Crippen LogP contribution in [0.25, 0.3) is 0 Å². The van der Waals surface area contributed by atoms with E-state index in [1.165, 1.54) is 5.56 Å². The van der Waals surface area contributed by atoms with Gasteiger partial charge in [0.15, 0.2) is 11.5 Å². The Morgan fingerprint density at radius 2 is 1.72 bits per heavy atom. The summed E-state index contributed by atoms with van der Waals surface area (Å²) < 4.78 is 10.8. The van der Waals surface area contributed by atoms with Crippen molar-refractivity contribution in [1.29, 1.82) is 0 Å². The summed E-state index contributed by atoms with van der Waals surface area (Å²) in [7, 11) is 1.62. The van der Waals surface area contributed by atoms with E-state index in [-0.39, 0.29) is 6.03 Å². The first-order valence-corrected chi connectivity index (χ1v) is 8.49. The molecule has 0 bridgehead atoms. The van der Waals surface area contributed by atoms with E-state index >= 15 is 0 Å². The predicted octanol–water partition coefficient (Wildman–Crippen LogP) is 3.44. The van der Waals surface area contributed by atoms with E-state index in [0.717, 1.165) is 23.3 Å². The third-order valence-corrected chi connectivity index (χ3v) is 3.80. The number of methoxy groups -OCH3 is 1. The number of amides is 2. The molecular weight excluding hydrogens is 316 g/mol. The highest BCUT2D eigenvalue weighted by Gasteiger charge is 2.06. The summed E-state index contributed by atoms with van der Waals surface area (Å²) in [6.45, 7) is 5.64. The molecule has 0 radical (unpaired) electrons. The summed E-state index contributed by atoms with van der Waals surface area (Å²) in [6.07, 6.45) is 0.723. The first-order valence-electron chi connectivity index (χ1n) is 8.49. The van der Waals surface area contributed by atoms with Crippen molar-refractivity contribution < 1.29 is 14.3 Å². The van der Waals surface area contributed by atoms with Crippen molar-refractivity contribution in [1.82, 2.24) is 10.6 Å². The van der Waals surface area contributed by atoms with E-state index in [9.17, 15) is 4.79 Å². The Morgan fingerprint density at radius 1 is 1.00 bits per heavy atom. The molecule has 2 aromatic rings. The van der Waals surface area contributed by atoms with Crippen LogP contribution in [0.2, 0.25) is 0 Å². The van der Waals surface area contributed by atoms with Crippen LogP contribution in [-0.2, 0) is 13.0 Å². The fourth-order valence-electron chi connectivity index (χ4n) is 2.41. The molecule has 0 saturated heterocycles. The highest BCUT2D eigenvalue weighted by Crippen LogP contribution is 2.28. The molecule has 0 aliphatic carbocycles. The minimum atomic E-state index is -0.168.